The first-order valence-electron chi connectivity index (χ1n) is 5.42. The number of furan rings is 1. The van der Waals surface area contributed by atoms with Crippen LogP contribution in [0.15, 0.2) is 50.9 Å². The Hall–Kier alpha value is -1.32. The fraction of sp³-hybridized carbons (Fsp3) is 0.143. The van der Waals surface area contributed by atoms with E-state index in [9.17, 15) is 0 Å². The van der Waals surface area contributed by atoms with Crippen LogP contribution in [-0.4, -0.2) is 6.54 Å². The number of hydrogen-bond donors (Lipinski definition) is 1. The van der Waals surface area contributed by atoms with Crippen LogP contribution in [0.1, 0.15) is 12.7 Å². The second kappa shape index (κ2) is 5.34. The summed E-state index contributed by atoms with van der Waals surface area (Å²) in [5, 5.41) is 0. The van der Waals surface area contributed by atoms with Crippen LogP contribution in [0.4, 0.5) is 0 Å². The zero-order valence-electron chi connectivity index (χ0n) is 9.61. The predicted octanol–water partition coefficient (Wildman–Crippen LogP) is 4.07. The first-order valence-corrected chi connectivity index (χ1v) is 6.21. The molecule has 0 saturated carbocycles. The number of benzene rings is 1. The smallest absolute Gasteiger partial charge is 0.134 e. The normalized spacial score (nSPS) is 11.8. The van der Waals surface area contributed by atoms with Crippen LogP contribution in [0.3, 0.4) is 0 Å². The fourth-order valence-electron chi connectivity index (χ4n) is 1.50. The van der Waals surface area contributed by atoms with E-state index in [-0.39, 0.29) is 0 Å². The molecular formula is C14H14BrNO. The molecule has 0 aliphatic heterocycles. The van der Waals surface area contributed by atoms with Gasteiger partial charge in [0.05, 0.1) is 0 Å². The largest absolute Gasteiger partial charge is 0.457 e. The highest BCUT2D eigenvalue weighted by atomic mass is 79.9. The van der Waals surface area contributed by atoms with Crippen molar-refractivity contribution >= 4 is 22.0 Å². The molecule has 0 aliphatic rings. The van der Waals surface area contributed by atoms with Crippen molar-refractivity contribution in [2.24, 2.45) is 5.73 Å². The Labute approximate surface area is 109 Å². The summed E-state index contributed by atoms with van der Waals surface area (Å²) in [6.45, 7) is 2.54. The zero-order valence-corrected chi connectivity index (χ0v) is 11.2. The Balaban J connectivity index is 2.27. The lowest BCUT2D eigenvalue weighted by Crippen LogP contribution is -1.98. The van der Waals surface area contributed by atoms with E-state index in [1.54, 1.807) is 0 Å². The number of halogens is 1. The van der Waals surface area contributed by atoms with E-state index in [1.807, 2.05) is 49.4 Å². The van der Waals surface area contributed by atoms with E-state index in [1.165, 1.54) is 0 Å². The second-order valence-electron chi connectivity index (χ2n) is 3.90. The maximum Gasteiger partial charge on any atom is 0.134 e. The Kier molecular flexibility index (Phi) is 3.82. The van der Waals surface area contributed by atoms with Crippen molar-refractivity contribution in [1.29, 1.82) is 0 Å². The molecule has 0 amide bonds. The molecule has 0 atom stereocenters. The lowest BCUT2D eigenvalue weighted by atomic mass is 10.2. The first-order chi connectivity index (χ1) is 8.19. The topological polar surface area (TPSA) is 39.2 Å². The van der Waals surface area contributed by atoms with Crippen molar-refractivity contribution in [3.63, 3.8) is 0 Å². The first kappa shape index (κ1) is 12.1. The molecule has 1 aromatic heterocycles. The molecular weight excluding hydrogens is 278 g/mol. The quantitative estimate of drug-likeness (QED) is 0.926. The predicted molar refractivity (Wildman–Crippen MR) is 74.5 cm³/mol. The molecule has 0 spiro atoms. The van der Waals surface area contributed by atoms with Gasteiger partial charge in [-0.15, -0.1) is 0 Å². The minimum atomic E-state index is 0.550. The summed E-state index contributed by atoms with van der Waals surface area (Å²) < 4.78 is 6.80. The van der Waals surface area contributed by atoms with Crippen LogP contribution in [0.2, 0.25) is 0 Å². The molecule has 1 heterocycles. The van der Waals surface area contributed by atoms with Crippen molar-refractivity contribution in [2.45, 2.75) is 6.92 Å². The van der Waals surface area contributed by atoms with E-state index >= 15 is 0 Å². The van der Waals surface area contributed by atoms with Crippen LogP contribution in [0.25, 0.3) is 17.4 Å². The van der Waals surface area contributed by atoms with Gasteiger partial charge in [-0.1, -0.05) is 33.6 Å². The summed E-state index contributed by atoms with van der Waals surface area (Å²) >= 11 is 3.41. The van der Waals surface area contributed by atoms with Crippen molar-refractivity contribution < 1.29 is 4.42 Å². The third kappa shape index (κ3) is 3.08. The minimum Gasteiger partial charge on any atom is -0.457 e. The maximum absolute atomic E-state index is 5.73. The Morgan fingerprint density at radius 1 is 1.24 bits per heavy atom. The monoisotopic (exact) mass is 291 g/mol. The molecule has 3 heteroatoms. The molecule has 17 heavy (non-hydrogen) atoms. The molecule has 2 nitrogen and oxygen atoms in total. The van der Waals surface area contributed by atoms with E-state index in [0.717, 1.165) is 27.1 Å². The Bertz CT molecular complexity index is 525. The van der Waals surface area contributed by atoms with Crippen molar-refractivity contribution in [1.82, 2.24) is 0 Å². The lowest BCUT2D eigenvalue weighted by Gasteiger charge is -1.97. The van der Waals surface area contributed by atoms with Crippen LogP contribution < -0.4 is 5.73 Å². The highest BCUT2D eigenvalue weighted by Crippen LogP contribution is 2.24. The summed E-state index contributed by atoms with van der Waals surface area (Å²) in [7, 11) is 0. The summed E-state index contributed by atoms with van der Waals surface area (Å²) in [5.74, 6) is 1.71. The SMILES string of the molecule is CC(=Cc1ccc(-c2ccc(Br)cc2)o1)CN. The second-order valence-corrected chi connectivity index (χ2v) is 4.82. The molecule has 0 bridgehead atoms. The molecule has 0 unspecified atom stereocenters. The van der Waals surface area contributed by atoms with Crippen molar-refractivity contribution in [3.05, 3.63) is 52.2 Å². The highest BCUT2D eigenvalue weighted by molar-refractivity contribution is 9.10. The molecule has 0 radical (unpaired) electrons. The molecule has 2 aromatic rings. The molecule has 2 rings (SSSR count). The maximum atomic E-state index is 5.73. The third-order valence-corrected chi connectivity index (χ3v) is 2.99. The molecule has 0 aliphatic carbocycles. The van der Waals surface area contributed by atoms with Crippen LogP contribution in [-0.2, 0) is 0 Å². The van der Waals surface area contributed by atoms with Gasteiger partial charge in [0, 0.05) is 16.6 Å². The highest BCUT2D eigenvalue weighted by Gasteiger charge is 2.03. The van der Waals surface area contributed by atoms with Gasteiger partial charge in [-0.3, -0.25) is 0 Å². The summed E-state index contributed by atoms with van der Waals surface area (Å²) in [4.78, 5) is 0. The van der Waals surface area contributed by atoms with Gasteiger partial charge in [0.15, 0.2) is 0 Å². The average molecular weight is 292 g/mol. The van der Waals surface area contributed by atoms with E-state index in [0.29, 0.717) is 6.54 Å². The van der Waals surface area contributed by atoms with Crippen LogP contribution in [0.5, 0.6) is 0 Å². The van der Waals surface area contributed by atoms with Gasteiger partial charge in [0.1, 0.15) is 11.5 Å². The molecule has 0 fully saturated rings. The van der Waals surface area contributed by atoms with Gasteiger partial charge >= 0.3 is 0 Å². The zero-order chi connectivity index (χ0) is 12.3. The van der Waals surface area contributed by atoms with Crippen LogP contribution >= 0.6 is 15.9 Å². The van der Waals surface area contributed by atoms with Gasteiger partial charge in [-0.2, -0.15) is 0 Å². The van der Waals surface area contributed by atoms with Gasteiger partial charge in [-0.05, 0) is 37.3 Å². The molecule has 2 N–H and O–H groups in total. The Morgan fingerprint density at radius 3 is 2.59 bits per heavy atom. The lowest BCUT2D eigenvalue weighted by molar-refractivity contribution is 0.571. The third-order valence-electron chi connectivity index (χ3n) is 2.47. The molecule has 0 saturated heterocycles. The van der Waals surface area contributed by atoms with E-state index in [4.69, 9.17) is 10.2 Å². The fourth-order valence-corrected chi connectivity index (χ4v) is 1.77. The number of hydrogen-bond acceptors (Lipinski definition) is 2. The van der Waals surface area contributed by atoms with Gasteiger partial charge < -0.3 is 10.2 Å². The summed E-state index contributed by atoms with van der Waals surface area (Å²) in [6, 6.07) is 12.0. The van der Waals surface area contributed by atoms with Crippen molar-refractivity contribution in [3.8, 4) is 11.3 Å². The van der Waals surface area contributed by atoms with Crippen molar-refractivity contribution in [2.75, 3.05) is 6.54 Å². The minimum absolute atomic E-state index is 0.550. The van der Waals surface area contributed by atoms with Gasteiger partial charge in [-0.25, -0.2) is 0 Å². The van der Waals surface area contributed by atoms with Gasteiger partial charge in [0.2, 0.25) is 0 Å². The summed E-state index contributed by atoms with van der Waals surface area (Å²) in [6.07, 6.45) is 1.96. The van der Waals surface area contributed by atoms with Crippen LogP contribution in [0, 0.1) is 0 Å². The average Bonchev–Trinajstić information content (AvgIpc) is 2.78. The molecule has 88 valence electrons. The standard InChI is InChI=1S/C14H14BrNO/c1-10(9-16)8-13-6-7-14(17-13)11-2-4-12(15)5-3-11/h2-8H,9,16H2,1H3. The summed E-state index contributed by atoms with van der Waals surface area (Å²) in [5.41, 5.74) is 7.71. The van der Waals surface area contributed by atoms with E-state index < -0.39 is 0 Å². The van der Waals surface area contributed by atoms with E-state index in [2.05, 4.69) is 15.9 Å². The number of nitrogens with two attached hydrogens (primary N) is 1. The Morgan fingerprint density at radius 2 is 1.94 bits per heavy atom. The van der Waals surface area contributed by atoms with Gasteiger partial charge in [0.25, 0.3) is 0 Å². The molecule has 1 aromatic carbocycles. The number of rotatable bonds is 3.